The summed E-state index contributed by atoms with van der Waals surface area (Å²) in [7, 11) is 0. The number of rotatable bonds is 2. The topological polar surface area (TPSA) is 84.4 Å². The summed E-state index contributed by atoms with van der Waals surface area (Å²) in [5.74, 6) is 0.0109. The monoisotopic (exact) mass is 266 g/mol. The first-order chi connectivity index (χ1) is 8.95. The van der Waals surface area contributed by atoms with E-state index in [9.17, 15) is 9.90 Å². The Bertz CT molecular complexity index is 483. The molecule has 6 nitrogen and oxygen atoms in total. The molecule has 2 atom stereocenters. The Balaban J connectivity index is 2.25. The van der Waals surface area contributed by atoms with Crippen molar-refractivity contribution in [1.29, 1.82) is 0 Å². The molecule has 19 heavy (non-hydrogen) atoms. The van der Waals surface area contributed by atoms with Gasteiger partial charge >= 0.3 is 0 Å². The molecule has 1 amide bonds. The standard InChI is InChI=1S/C13H22N4O2/c1-4-17-12(11(14)9(3)15-17)13(19)16-6-5-10(18)8(2)7-16/h8,10,18H,4-7,14H2,1-3H3. The molecule has 0 spiro atoms. The number of hydrogen-bond donors (Lipinski definition) is 2. The highest BCUT2D eigenvalue weighted by atomic mass is 16.3. The third kappa shape index (κ3) is 2.45. The fourth-order valence-electron chi connectivity index (χ4n) is 2.52. The van der Waals surface area contributed by atoms with Gasteiger partial charge in [0.25, 0.3) is 5.91 Å². The van der Waals surface area contributed by atoms with Crippen LogP contribution in [0.25, 0.3) is 0 Å². The minimum absolute atomic E-state index is 0.0845. The predicted molar refractivity (Wildman–Crippen MR) is 72.7 cm³/mol. The molecule has 2 heterocycles. The van der Waals surface area contributed by atoms with Gasteiger partial charge in [-0.2, -0.15) is 5.10 Å². The van der Waals surface area contributed by atoms with Crippen LogP contribution in [0.2, 0.25) is 0 Å². The number of amides is 1. The molecule has 0 aliphatic carbocycles. The lowest BCUT2D eigenvalue weighted by atomic mass is 9.96. The largest absolute Gasteiger partial charge is 0.395 e. The highest BCUT2D eigenvalue weighted by molar-refractivity contribution is 5.98. The molecular weight excluding hydrogens is 244 g/mol. The Morgan fingerprint density at radius 2 is 2.26 bits per heavy atom. The van der Waals surface area contributed by atoms with Crippen LogP contribution in [0.3, 0.4) is 0 Å². The average Bonchev–Trinajstić information content (AvgIpc) is 2.68. The van der Waals surface area contributed by atoms with Gasteiger partial charge in [-0.15, -0.1) is 0 Å². The average molecular weight is 266 g/mol. The summed E-state index contributed by atoms with van der Waals surface area (Å²) in [6, 6.07) is 0. The number of anilines is 1. The van der Waals surface area contributed by atoms with Crippen molar-refractivity contribution >= 4 is 11.6 Å². The highest BCUT2D eigenvalue weighted by Crippen LogP contribution is 2.22. The summed E-state index contributed by atoms with van der Waals surface area (Å²) < 4.78 is 1.66. The molecule has 2 rings (SSSR count). The minimum atomic E-state index is -0.320. The summed E-state index contributed by atoms with van der Waals surface area (Å²) in [5.41, 5.74) is 7.60. The number of aromatic nitrogens is 2. The first-order valence-corrected chi connectivity index (χ1v) is 6.75. The Morgan fingerprint density at radius 1 is 1.58 bits per heavy atom. The van der Waals surface area contributed by atoms with Crippen LogP contribution in [-0.2, 0) is 6.54 Å². The molecule has 0 radical (unpaired) electrons. The lowest BCUT2D eigenvalue weighted by Gasteiger charge is -2.34. The molecule has 3 N–H and O–H groups in total. The van der Waals surface area contributed by atoms with Gasteiger partial charge in [0.15, 0.2) is 0 Å². The zero-order valence-corrected chi connectivity index (χ0v) is 11.8. The normalized spacial score (nSPS) is 23.7. The number of aliphatic hydroxyl groups excluding tert-OH is 1. The van der Waals surface area contributed by atoms with E-state index < -0.39 is 0 Å². The van der Waals surface area contributed by atoms with Crippen molar-refractivity contribution < 1.29 is 9.90 Å². The Labute approximate surface area is 113 Å². The van der Waals surface area contributed by atoms with E-state index in [1.54, 1.807) is 16.5 Å². The van der Waals surface area contributed by atoms with E-state index in [1.807, 2.05) is 13.8 Å². The van der Waals surface area contributed by atoms with Gasteiger partial charge in [0.05, 0.1) is 17.5 Å². The van der Waals surface area contributed by atoms with Gasteiger partial charge in [-0.3, -0.25) is 9.48 Å². The van der Waals surface area contributed by atoms with Gasteiger partial charge in [-0.1, -0.05) is 6.92 Å². The molecule has 0 saturated carbocycles. The maximum Gasteiger partial charge on any atom is 0.274 e. The summed E-state index contributed by atoms with van der Waals surface area (Å²) in [5, 5.41) is 14.0. The smallest absolute Gasteiger partial charge is 0.274 e. The molecule has 106 valence electrons. The van der Waals surface area contributed by atoms with E-state index in [-0.39, 0.29) is 17.9 Å². The van der Waals surface area contributed by atoms with Crippen molar-refractivity contribution in [3.05, 3.63) is 11.4 Å². The third-order valence-electron chi connectivity index (χ3n) is 3.82. The highest BCUT2D eigenvalue weighted by Gasteiger charge is 2.30. The van der Waals surface area contributed by atoms with E-state index in [1.165, 1.54) is 0 Å². The number of likely N-dealkylation sites (tertiary alicyclic amines) is 1. The van der Waals surface area contributed by atoms with Crippen LogP contribution in [0, 0.1) is 12.8 Å². The number of hydrogen-bond acceptors (Lipinski definition) is 4. The molecule has 0 bridgehead atoms. The van der Waals surface area contributed by atoms with E-state index in [2.05, 4.69) is 5.10 Å². The molecule has 1 aliphatic rings. The first kappa shape index (κ1) is 13.9. The number of nitrogens with two attached hydrogens (primary N) is 1. The van der Waals surface area contributed by atoms with Crippen molar-refractivity contribution in [3.8, 4) is 0 Å². The van der Waals surface area contributed by atoms with Crippen molar-refractivity contribution in [2.75, 3.05) is 18.8 Å². The van der Waals surface area contributed by atoms with Gasteiger partial charge in [-0.05, 0) is 26.2 Å². The molecular formula is C13H22N4O2. The number of aryl methyl sites for hydroxylation is 2. The molecule has 1 aromatic heterocycles. The molecule has 1 aromatic rings. The third-order valence-corrected chi connectivity index (χ3v) is 3.82. The summed E-state index contributed by atoms with van der Waals surface area (Å²) in [6.07, 6.45) is 0.297. The summed E-state index contributed by atoms with van der Waals surface area (Å²) in [4.78, 5) is 14.3. The minimum Gasteiger partial charge on any atom is -0.395 e. The van der Waals surface area contributed by atoms with E-state index >= 15 is 0 Å². The Morgan fingerprint density at radius 3 is 2.84 bits per heavy atom. The zero-order chi connectivity index (χ0) is 14.2. The van der Waals surface area contributed by atoms with Crippen LogP contribution < -0.4 is 5.73 Å². The molecule has 1 saturated heterocycles. The molecule has 1 fully saturated rings. The number of nitrogen functional groups attached to an aromatic ring is 1. The van der Waals surface area contributed by atoms with E-state index in [0.29, 0.717) is 43.1 Å². The quantitative estimate of drug-likeness (QED) is 0.822. The van der Waals surface area contributed by atoms with Crippen LogP contribution in [0.5, 0.6) is 0 Å². The second-order valence-corrected chi connectivity index (χ2v) is 5.25. The number of carbonyl (C=O) groups excluding carboxylic acids is 1. The predicted octanol–water partition coefficient (Wildman–Crippen LogP) is 0.637. The van der Waals surface area contributed by atoms with Crippen molar-refractivity contribution in [2.45, 2.75) is 39.8 Å². The van der Waals surface area contributed by atoms with Crippen LogP contribution >= 0.6 is 0 Å². The van der Waals surface area contributed by atoms with Gasteiger partial charge < -0.3 is 15.7 Å². The fraction of sp³-hybridized carbons (Fsp3) is 0.692. The summed E-state index contributed by atoms with van der Waals surface area (Å²) >= 11 is 0. The maximum absolute atomic E-state index is 12.6. The lowest BCUT2D eigenvalue weighted by Crippen LogP contribution is -2.45. The second-order valence-electron chi connectivity index (χ2n) is 5.25. The number of aliphatic hydroxyl groups is 1. The SMILES string of the molecule is CCn1nc(C)c(N)c1C(=O)N1CCC(O)C(C)C1. The van der Waals surface area contributed by atoms with Crippen LogP contribution in [-0.4, -0.2) is 44.9 Å². The summed E-state index contributed by atoms with van der Waals surface area (Å²) in [6.45, 7) is 7.44. The van der Waals surface area contributed by atoms with Crippen molar-refractivity contribution in [1.82, 2.24) is 14.7 Å². The van der Waals surface area contributed by atoms with Gasteiger partial charge in [-0.25, -0.2) is 0 Å². The Kier molecular flexibility index (Phi) is 3.80. The van der Waals surface area contributed by atoms with Crippen LogP contribution in [0.4, 0.5) is 5.69 Å². The molecule has 1 aliphatic heterocycles. The fourth-order valence-corrected chi connectivity index (χ4v) is 2.52. The molecule has 0 aromatic carbocycles. The van der Waals surface area contributed by atoms with Crippen molar-refractivity contribution in [2.24, 2.45) is 5.92 Å². The van der Waals surface area contributed by atoms with Gasteiger partial charge in [0.1, 0.15) is 5.69 Å². The van der Waals surface area contributed by atoms with Gasteiger partial charge in [0, 0.05) is 19.6 Å². The number of nitrogens with zero attached hydrogens (tertiary/aromatic N) is 3. The lowest BCUT2D eigenvalue weighted by molar-refractivity contribution is 0.0291. The second kappa shape index (κ2) is 5.21. The molecule has 6 heteroatoms. The van der Waals surface area contributed by atoms with Crippen molar-refractivity contribution in [3.63, 3.8) is 0 Å². The number of piperidine rings is 1. The van der Waals surface area contributed by atoms with Crippen LogP contribution in [0.15, 0.2) is 0 Å². The van der Waals surface area contributed by atoms with Gasteiger partial charge in [0.2, 0.25) is 0 Å². The van der Waals surface area contributed by atoms with E-state index in [0.717, 1.165) is 0 Å². The maximum atomic E-state index is 12.6. The van der Waals surface area contributed by atoms with E-state index in [4.69, 9.17) is 5.73 Å². The zero-order valence-electron chi connectivity index (χ0n) is 11.8. The first-order valence-electron chi connectivity index (χ1n) is 6.75. The molecule has 2 unspecified atom stereocenters. The number of carbonyl (C=O) groups is 1. The van der Waals surface area contributed by atoms with Crippen LogP contribution in [0.1, 0.15) is 36.5 Å². The Hall–Kier alpha value is -1.56.